The maximum absolute atomic E-state index is 12.2. The lowest BCUT2D eigenvalue weighted by Gasteiger charge is -2.18. The summed E-state index contributed by atoms with van der Waals surface area (Å²) in [5, 5.41) is 13.7. The van der Waals surface area contributed by atoms with E-state index in [1.165, 1.54) is 195 Å². The number of hydrogen-bond donors (Lipinski definition) is 0. The van der Waals surface area contributed by atoms with E-state index < -0.39 is 17.3 Å². The first kappa shape index (κ1) is 105. The Morgan fingerprint density at radius 1 is 0.293 bits per heavy atom. The Labute approximate surface area is 856 Å². The van der Waals surface area contributed by atoms with Crippen LogP contribution in [0.3, 0.4) is 0 Å². The highest BCUT2D eigenvalue weighted by atomic mass is 79.9. The van der Waals surface area contributed by atoms with Gasteiger partial charge in [0.15, 0.2) is 29.4 Å². The maximum atomic E-state index is 12.2. The lowest BCUT2D eigenvalue weighted by atomic mass is 10.1. The molecule has 18 rings (SSSR count). The molecule has 1 atom stereocenters. The van der Waals surface area contributed by atoms with Crippen molar-refractivity contribution >= 4 is 273 Å². The summed E-state index contributed by atoms with van der Waals surface area (Å²) >= 11 is 21.9. The summed E-state index contributed by atoms with van der Waals surface area (Å²) in [6, 6.07) is 74.1. The molecule has 12 aromatic rings. The topological polar surface area (TPSA) is 167 Å². The van der Waals surface area contributed by atoms with Crippen LogP contribution in [0.4, 0.5) is 0 Å². The zero-order valence-electron chi connectivity index (χ0n) is 76.9. The number of esters is 6. The van der Waals surface area contributed by atoms with Gasteiger partial charge in [0, 0.05) is 142 Å². The van der Waals surface area contributed by atoms with Crippen LogP contribution in [-0.4, -0.2) is 157 Å². The van der Waals surface area contributed by atoms with Gasteiger partial charge >= 0.3 is 35.8 Å². The molecule has 12 aromatic carbocycles. The fraction of sp³-hybridized carbons (Fsp3) is 0.383. The van der Waals surface area contributed by atoms with Gasteiger partial charge in [0.2, 0.25) is 0 Å². The van der Waals surface area contributed by atoms with Crippen LogP contribution in [0.25, 0.3) is 64.6 Å². The van der Waals surface area contributed by atoms with Crippen molar-refractivity contribution < 1.29 is 61.9 Å². The van der Waals surface area contributed by atoms with Crippen LogP contribution in [0.15, 0.2) is 248 Å². The first-order chi connectivity index (χ1) is 63.8. The van der Waals surface area contributed by atoms with Crippen LogP contribution in [0.2, 0.25) is 0 Å². The van der Waals surface area contributed by atoms with E-state index in [1.807, 2.05) is 121 Å². The first-order valence-electron chi connectivity index (χ1n) is 45.4. The lowest BCUT2D eigenvalue weighted by Crippen LogP contribution is -2.29. The summed E-state index contributed by atoms with van der Waals surface area (Å²) in [6.45, 7) is 17.8. The second kappa shape index (κ2) is 49.4. The number of benzene rings is 12. The monoisotopic (exact) mass is 2310 g/mol. The van der Waals surface area contributed by atoms with E-state index in [0.717, 1.165) is 57.0 Å². The maximum Gasteiger partial charge on any atom is 0.327 e. The van der Waals surface area contributed by atoms with Crippen molar-refractivity contribution in [3.8, 4) is 34.5 Å². The smallest absolute Gasteiger partial charge is 0.327 e. The predicted octanol–water partition coefficient (Wildman–Crippen LogP) is 26.9. The molecule has 0 bridgehead atoms. The van der Waals surface area contributed by atoms with Crippen LogP contribution in [0, 0.1) is 0 Å². The van der Waals surface area contributed by atoms with Crippen molar-refractivity contribution in [1.29, 1.82) is 0 Å². The molecule has 133 heavy (non-hydrogen) atoms. The zero-order valence-corrected chi connectivity index (χ0v) is 92.1. The summed E-state index contributed by atoms with van der Waals surface area (Å²) in [4.78, 5) is 80.3. The molecular formula is C107H118Br6O13S7+6. The van der Waals surface area contributed by atoms with E-state index in [0.29, 0.717) is 89.0 Å². The Morgan fingerprint density at radius 2 is 0.519 bits per heavy atom. The Bertz CT molecular complexity index is 5820. The van der Waals surface area contributed by atoms with E-state index >= 15 is 0 Å². The third-order valence-electron chi connectivity index (χ3n) is 23.1. The summed E-state index contributed by atoms with van der Waals surface area (Å²) in [7, 11) is 1.89. The lowest BCUT2D eigenvalue weighted by molar-refractivity contribution is -0.136. The fourth-order valence-electron chi connectivity index (χ4n) is 16.1. The Hall–Kier alpha value is -5.69. The van der Waals surface area contributed by atoms with Gasteiger partial charge in [-0.25, -0.2) is 0 Å². The van der Waals surface area contributed by atoms with Crippen LogP contribution >= 0.6 is 107 Å². The number of alkyl halides is 6. The normalized spacial score (nSPS) is 16.4. The van der Waals surface area contributed by atoms with Crippen molar-refractivity contribution in [2.75, 3.05) is 99.1 Å². The summed E-state index contributed by atoms with van der Waals surface area (Å²) < 4.78 is 36.2. The van der Waals surface area contributed by atoms with Crippen molar-refractivity contribution in [3.05, 3.63) is 218 Å². The molecule has 1 unspecified atom stereocenters. The summed E-state index contributed by atoms with van der Waals surface area (Å²) in [5.74, 6) is 19.8. The van der Waals surface area contributed by atoms with E-state index in [2.05, 4.69) is 205 Å². The highest BCUT2D eigenvalue weighted by Crippen LogP contribution is 2.43. The van der Waals surface area contributed by atoms with Gasteiger partial charge in [-0.3, -0.25) is 28.8 Å². The highest BCUT2D eigenvalue weighted by molar-refractivity contribution is 9.11. The zero-order chi connectivity index (χ0) is 94.6. The molecule has 6 saturated heterocycles. The number of carbonyl (C=O) groups is 6. The molecule has 6 heterocycles. The van der Waals surface area contributed by atoms with Crippen molar-refractivity contribution in [1.82, 2.24) is 0 Å². The quantitative estimate of drug-likeness (QED) is 0.0344. The predicted molar refractivity (Wildman–Crippen MR) is 588 cm³/mol. The molecule has 0 radical (unpaired) electrons. The van der Waals surface area contributed by atoms with Crippen molar-refractivity contribution in [2.24, 2.45) is 0 Å². The van der Waals surface area contributed by atoms with E-state index in [4.69, 9.17) is 33.2 Å². The molecule has 26 heteroatoms. The van der Waals surface area contributed by atoms with Gasteiger partial charge < -0.3 is 33.2 Å². The second-order valence-corrected chi connectivity index (χ2v) is 59.4. The van der Waals surface area contributed by atoms with E-state index in [1.54, 1.807) is 62.3 Å². The van der Waals surface area contributed by atoms with Gasteiger partial charge in [-0.1, -0.05) is 205 Å². The minimum absolute atomic E-state index is 0.205. The van der Waals surface area contributed by atoms with Crippen LogP contribution in [0.5, 0.6) is 34.5 Å². The largest absolute Gasteiger partial charge is 0.425 e. The van der Waals surface area contributed by atoms with E-state index in [-0.39, 0.29) is 56.9 Å². The molecule has 0 aliphatic carbocycles. The molecule has 0 aromatic heterocycles. The number of fused-ring (bicyclic) bond motifs is 6. The minimum atomic E-state index is -0.699. The number of thioether (sulfide) groups is 1. The number of hydrogen-bond acceptors (Lipinski definition) is 14. The van der Waals surface area contributed by atoms with Gasteiger partial charge in [0.25, 0.3) is 0 Å². The van der Waals surface area contributed by atoms with Gasteiger partial charge in [0.1, 0.15) is 131 Å². The average Bonchev–Trinajstić information content (AvgIpc) is 1.43. The molecule has 0 spiro atoms. The Morgan fingerprint density at radius 3 is 0.805 bits per heavy atom. The fourth-order valence-corrected chi connectivity index (χ4v) is 32.8. The number of rotatable bonds is 18. The molecule has 6 fully saturated rings. The van der Waals surface area contributed by atoms with Crippen molar-refractivity contribution in [2.45, 2.75) is 178 Å². The summed E-state index contributed by atoms with van der Waals surface area (Å²) in [5.41, 5.74) is 0. The molecular weight excluding hydrogens is 2200 g/mol. The SMILES string of the molecule is CC(Br)C(=O)Oc1ccc([S+]2CCCCC2)c2ccccc12.CC(C)(Br)C(=O)Oc1ccc([S+]2CCOCC2)c2ccccc12.CC(C)(Br)C(=O)Oc1ccc([S+]2CCSCC2)c2ccccc12.CC(C)(Br)C(=O)Oc1cccc2c([S+]3CCCC3)cccc12.CC(C)(Br)C(=O)Oc1cccc2c([S+]3CCCCC3)cccc12.O=C(CBr)Oc1ccc([S+]2CCCC2)c2ccccc12. The summed E-state index contributed by atoms with van der Waals surface area (Å²) in [6.07, 6.45) is 13.3. The Balaban J connectivity index is 0.000000136. The van der Waals surface area contributed by atoms with Crippen LogP contribution in [0.1, 0.15) is 127 Å². The minimum Gasteiger partial charge on any atom is -0.425 e. The van der Waals surface area contributed by atoms with Gasteiger partial charge in [-0.2, -0.15) is 11.8 Å². The van der Waals surface area contributed by atoms with Crippen molar-refractivity contribution in [3.63, 3.8) is 0 Å². The standard InChI is InChI=1S/C19H22BrO2S.C18H20BrO3S.C18H20BrO2S2.2C18H20BrO2S.C16H16BrO2S/c1-19(2,20)18(21)22-16-10-6-9-15-14(16)8-7-11-17(15)23-12-4-3-5-13-23;1-18(2,19)17(20)22-15-7-8-16(23-11-9-21-10-12-23)14-6-4-3-5-13(14)15;1-18(2,19)17(20)21-15-7-8-16(23-11-9-22-10-12-23)14-6-4-3-5-13(14)15;1-18(2,19)17(20)21-15-9-5-8-14-13(15)7-6-10-16(14)22-11-3-4-12-22;1-13(19)18(20)21-16-9-10-17(22-11-5-2-6-12-22)15-8-4-3-7-14(15)16;17-11-16(18)19-14-7-8-15(20-9-3-4-10-20)13-6-2-1-5-12(13)14/h6-11H,3-5,12-13H2,1-2H3;2*3-8H,9-12H2,1-2H3;5-10H,3-4,11-12H2,1-2H3;3-4,7-10,13H,2,5-6,11-12H2,1H3;1-2,5-8H,3-4,9-11H2/q6*+1. The molecule has 702 valence electrons. The number of ether oxygens (including phenoxy) is 7. The van der Waals surface area contributed by atoms with Gasteiger partial charge in [0.05, 0.1) is 13.2 Å². The third kappa shape index (κ3) is 28.4. The van der Waals surface area contributed by atoms with Crippen LogP contribution < -0.4 is 28.4 Å². The average molecular weight is 2320 g/mol. The molecule has 0 saturated carbocycles. The Kier molecular flexibility index (Phi) is 38.9. The number of halogens is 6. The van der Waals surface area contributed by atoms with E-state index in [9.17, 15) is 28.8 Å². The second-order valence-electron chi connectivity index (χ2n) is 34.9. The van der Waals surface area contributed by atoms with Gasteiger partial charge in [-0.15, -0.1) is 0 Å². The van der Waals surface area contributed by atoms with Crippen LogP contribution in [-0.2, 0) is 98.9 Å². The molecule has 0 amide bonds. The molecule has 0 N–H and O–H groups in total. The number of carbonyl (C=O) groups excluding carboxylic acids is 6. The third-order valence-corrected chi connectivity index (χ3v) is 41.5. The first-order valence-corrected chi connectivity index (χ1v) is 61.1. The molecule has 6 aliphatic rings. The molecule has 6 aliphatic heterocycles. The van der Waals surface area contributed by atoms with Gasteiger partial charge in [-0.05, 0) is 236 Å². The highest BCUT2D eigenvalue weighted by Gasteiger charge is 2.38. The molecule has 13 nitrogen and oxygen atoms in total.